The van der Waals surface area contributed by atoms with Gasteiger partial charge in [0.05, 0.1) is 12.0 Å². The fourth-order valence-corrected chi connectivity index (χ4v) is 2.55. The maximum absolute atomic E-state index is 12.1. The molecule has 2 amide bonds. The number of carbonyl (C=O) groups excluding carboxylic acids is 2. The number of rotatable bonds is 3. The van der Waals surface area contributed by atoms with Gasteiger partial charge in [-0.25, -0.2) is 0 Å². The molecule has 22 heavy (non-hydrogen) atoms. The van der Waals surface area contributed by atoms with Crippen LogP contribution in [0, 0.1) is 0 Å². The number of thiocarbonyl (C=S) groups is 1. The van der Waals surface area contributed by atoms with Gasteiger partial charge in [-0.15, -0.1) is 0 Å². The third kappa shape index (κ3) is 2.58. The molecule has 112 valence electrons. The number of hydrogen-bond acceptors (Lipinski definition) is 4. The van der Waals surface area contributed by atoms with E-state index in [9.17, 15) is 9.59 Å². The Morgan fingerprint density at radius 1 is 1.36 bits per heavy atom. The first-order valence-electron chi connectivity index (χ1n) is 6.65. The molecule has 0 aliphatic carbocycles. The van der Waals surface area contributed by atoms with E-state index in [1.807, 2.05) is 0 Å². The maximum Gasteiger partial charge on any atom is 0.291 e. The molecule has 0 radical (unpaired) electrons. The zero-order valence-corrected chi connectivity index (χ0v) is 12.5. The Bertz CT molecular complexity index is 742. The molecule has 3 rings (SSSR count). The summed E-state index contributed by atoms with van der Waals surface area (Å²) < 4.78 is 5.04. The van der Waals surface area contributed by atoms with Gasteiger partial charge in [-0.3, -0.25) is 14.5 Å². The number of amides is 2. The van der Waals surface area contributed by atoms with Crippen LogP contribution in [0.25, 0.3) is 0 Å². The lowest BCUT2D eigenvalue weighted by Crippen LogP contribution is -2.30. The highest BCUT2D eigenvalue weighted by atomic mass is 32.1. The Hall–Kier alpha value is -2.67. The molecule has 0 saturated carbocycles. The van der Waals surface area contributed by atoms with Crippen molar-refractivity contribution in [1.29, 1.82) is 0 Å². The van der Waals surface area contributed by atoms with Crippen molar-refractivity contribution in [3.8, 4) is 0 Å². The lowest BCUT2D eigenvalue weighted by atomic mass is 10.2. The van der Waals surface area contributed by atoms with Crippen LogP contribution in [0.15, 0.2) is 47.1 Å². The minimum Gasteiger partial charge on any atom is -0.459 e. The Kier molecular flexibility index (Phi) is 3.64. The second kappa shape index (κ2) is 5.61. The van der Waals surface area contributed by atoms with E-state index in [0.29, 0.717) is 16.5 Å². The van der Waals surface area contributed by atoms with Crippen molar-refractivity contribution in [2.24, 2.45) is 0 Å². The van der Waals surface area contributed by atoms with Gasteiger partial charge in [0.25, 0.3) is 11.8 Å². The van der Waals surface area contributed by atoms with Crippen LogP contribution in [0.4, 0.5) is 11.4 Å². The smallest absolute Gasteiger partial charge is 0.291 e. The average molecular weight is 315 g/mol. The molecule has 1 aliphatic rings. The van der Waals surface area contributed by atoms with Crippen LogP contribution in [-0.4, -0.2) is 23.0 Å². The molecule has 1 saturated heterocycles. The first-order chi connectivity index (χ1) is 10.6. The SMILES string of the molecule is CC1NC(=S)N(c2cccc(NC(=O)c3ccco3)c2)C1=O. The van der Waals surface area contributed by atoms with Crippen molar-refractivity contribution in [3.05, 3.63) is 48.4 Å². The third-order valence-corrected chi connectivity index (χ3v) is 3.54. The first-order valence-corrected chi connectivity index (χ1v) is 7.06. The molecule has 1 atom stereocenters. The Morgan fingerprint density at radius 3 is 2.82 bits per heavy atom. The van der Waals surface area contributed by atoms with Crippen molar-refractivity contribution in [3.63, 3.8) is 0 Å². The molecule has 2 heterocycles. The summed E-state index contributed by atoms with van der Waals surface area (Å²) in [4.78, 5) is 25.5. The van der Waals surface area contributed by atoms with Crippen molar-refractivity contribution in [2.75, 3.05) is 10.2 Å². The van der Waals surface area contributed by atoms with Crippen LogP contribution in [0.2, 0.25) is 0 Å². The summed E-state index contributed by atoms with van der Waals surface area (Å²) in [6.07, 6.45) is 1.43. The van der Waals surface area contributed by atoms with Gasteiger partial charge in [-0.2, -0.15) is 0 Å². The van der Waals surface area contributed by atoms with Gasteiger partial charge in [0.2, 0.25) is 0 Å². The Balaban J connectivity index is 1.83. The molecule has 2 aromatic rings. The quantitative estimate of drug-likeness (QED) is 0.849. The normalized spacial score (nSPS) is 17.5. The zero-order valence-electron chi connectivity index (χ0n) is 11.7. The van der Waals surface area contributed by atoms with Crippen LogP contribution in [0.1, 0.15) is 17.5 Å². The topological polar surface area (TPSA) is 74.6 Å². The molecule has 0 bridgehead atoms. The summed E-state index contributed by atoms with van der Waals surface area (Å²) in [6.45, 7) is 1.75. The first kappa shape index (κ1) is 14.3. The van der Waals surface area contributed by atoms with Gasteiger partial charge < -0.3 is 15.1 Å². The van der Waals surface area contributed by atoms with E-state index < -0.39 is 0 Å². The second-order valence-corrected chi connectivity index (χ2v) is 5.21. The number of anilines is 2. The van der Waals surface area contributed by atoms with Crippen LogP contribution in [0.5, 0.6) is 0 Å². The fourth-order valence-electron chi connectivity index (χ4n) is 2.17. The minimum atomic E-state index is -0.357. The number of nitrogens with zero attached hydrogens (tertiary/aromatic N) is 1. The number of furan rings is 1. The standard InChI is InChI=1S/C15H13N3O3S/c1-9-14(20)18(15(22)16-9)11-5-2-4-10(8-11)17-13(19)12-6-3-7-21-12/h2-9H,1H3,(H,16,22)(H,17,19). The number of nitrogens with one attached hydrogen (secondary N) is 2. The molecule has 1 unspecified atom stereocenters. The largest absolute Gasteiger partial charge is 0.459 e. The predicted octanol–water partition coefficient (Wildman–Crippen LogP) is 2.14. The van der Waals surface area contributed by atoms with E-state index in [0.717, 1.165) is 0 Å². The van der Waals surface area contributed by atoms with E-state index in [2.05, 4.69) is 10.6 Å². The summed E-state index contributed by atoms with van der Waals surface area (Å²) in [7, 11) is 0. The summed E-state index contributed by atoms with van der Waals surface area (Å²) in [5.74, 6) is -0.267. The lowest BCUT2D eigenvalue weighted by Gasteiger charge is -2.16. The van der Waals surface area contributed by atoms with Crippen LogP contribution in [0.3, 0.4) is 0 Å². The third-order valence-electron chi connectivity index (χ3n) is 3.24. The highest BCUT2D eigenvalue weighted by molar-refractivity contribution is 7.80. The molecule has 0 spiro atoms. The molecule has 6 nitrogen and oxygen atoms in total. The van der Waals surface area contributed by atoms with Gasteiger partial charge >= 0.3 is 0 Å². The highest BCUT2D eigenvalue weighted by Crippen LogP contribution is 2.23. The Labute approximate surface area is 132 Å². The van der Waals surface area contributed by atoms with Crippen molar-refractivity contribution in [2.45, 2.75) is 13.0 Å². The molecule has 1 fully saturated rings. The second-order valence-electron chi connectivity index (χ2n) is 4.83. The summed E-state index contributed by atoms with van der Waals surface area (Å²) >= 11 is 5.16. The van der Waals surface area contributed by atoms with E-state index in [1.165, 1.54) is 11.2 Å². The molecule has 1 aromatic heterocycles. The summed E-state index contributed by atoms with van der Waals surface area (Å²) in [6, 6.07) is 9.77. The van der Waals surface area contributed by atoms with Gasteiger partial charge in [-0.1, -0.05) is 6.07 Å². The predicted molar refractivity (Wildman–Crippen MR) is 85.8 cm³/mol. The van der Waals surface area contributed by atoms with Crippen LogP contribution in [-0.2, 0) is 4.79 Å². The molecule has 1 aromatic carbocycles. The van der Waals surface area contributed by atoms with E-state index >= 15 is 0 Å². The Morgan fingerprint density at radius 2 is 2.18 bits per heavy atom. The van der Waals surface area contributed by atoms with Gasteiger partial charge in [0.15, 0.2) is 10.9 Å². The van der Waals surface area contributed by atoms with Gasteiger partial charge in [0, 0.05) is 5.69 Å². The van der Waals surface area contributed by atoms with E-state index in [4.69, 9.17) is 16.6 Å². The van der Waals surface area contributed by atoms with Crippen LogP contribution >= 0.6 is 12.2 Å². The van der Waals surface area contributed by atoms with Crippen molar-refractivity contribution >= 4 is 40.5 Å². The minimum absolute atomic E-state index is 0.125. The molecular weight excluding hydrogens is 302 g/mol. The van der Waals surface area contributed by atoms with Crippen molar-refractivity contribution < 1.29 is 14.0 Å². The van der Waals surface area contributed by atoms with E-state index in [-0.39, 0.29) is 23.6 Å². The summed E-state index contributed by atoms with van der Waals surface area (Å²) in [5, 5.41) is 5.97. The van der Waals surface area contributed by atoms with Gasteiger partial charge in [0.1, 0.15) is 6.04 Å². The van der Waals surface area contributed by atoms with Gasteiger partial charge in [-0.05, 0) is 49.5 Å². The zero-order chi connectivity index (χ0) is 15.7. The molecule has 7 heteroatoms. The number of carbonyl (C=O) groups is 2. The maximum atomic E-state index is 12.1. The number of benzene rings is 1. The molecule has 1 aliphatic heterocycles. The highest BCUT2D eigenvalue weighted by Gasteiger charge is 2.33. The monoisotopic (exact) mass is 315 g/mol. The average Bonchev–Trinajstić information content (AvgIpc) is 3.09. The molecule has 2 N–H and O–H groups in total. The molecular formula is C15H13N3O3S. The number of hydrogen-bond donors (Lipinski definition) is 2. The van der Waals surface area contributed by atoms with E-state index in [1.54, 1.807) is 43.3 Å². The van der Waals surface area contributed by atoms with Crippen molar-refractivity contribution in [1.82, 2.24) is 5.32 Å². The summed E-state index contributed by atoms with van der Waals surface area (Å²) in [5.41, 5.74) is 1.15. The van der Waals surface area contributed by atoms with Crippen LogP contribution < -0.4 is 15.5 Å². The fraction of sp³-hybridized carbons (Fsp3) is 0.133. The lowest BCUT2D eigenvalue weighted by molar-refractivity contribution is -0.117.